The lowest BCUT2D eigenvalue weighted by atomic mass is 10.1. The number of furan rings is 1. The summed E-state index contributed by atoms with van der Waals surface area (Å²) in [4.78, 5) is 18.3. The van der Waals surface area contributed by atoms with Crippen LogP contribution in [0.1, 0.15) is 11.3 Å². The molecule has 10 heteroatoms. The summed E-state index contributed by atoms with van der Waals surface area (Å²) < 4.78 is 7.40. The molecule has 3 aromatic heterocycles. The van der Waals surface area contributed by atoms with E-state index in [1.54, 1.807) is 6.26 Å². The maximum absolute atomic E-state index is 10.8. The van der Waals surface area contributed by atoms with Crippen LogP contribution in [0.2, 0.25) is 0 Å². The molecule has 1 aromatic carbocycles. The molecular weight excluding hydrogens is 380 g/mol. The molecule has 0 fully saturated rings. The van der Waals surface area contributed by atoms with Gasteiger partial charge in [-0.3, -0.25) is 14.7 Å². The van der Waals surface area contributed by atoms with Crippen molar-refractivity contribution in [1.82, 2.24) is 24.7 Å². The molecule has 0 spiro atoms. The average Bonchev–Trinajstić information content (AvgIpc) is 3.34. The first kappa shape index (κ1) is 17.9. The SMILES string of the molecule is Cc1ccccc1-c1nnc(Sc2ncc([N+](=O)[O-])cn2)n1Cc1ccco1. The second kappa shape index (κ2) is 7.61. The van der Waals surface area contributed by atoms with Gasteiger partial charge in [0.15, 0.2) is 16.1 Å². The fraction of sp³-hybridized carbons (Fsp3) is 0.111. The zero-order valence-electron chi connectivity index (χ0n) is 14.7. The molecule has 0 bridgehead atoms. The van der Waals surface area contributed by atoms with Gasteiger partial charge in [-0.1, -0.05) is 24.3 Å². The molecule has 9 nitrogen and oxygen atoms in total. The molecule has 0 N–H and O–H groups in total. The second-order valence-electron chi connectivity index (χ2n) is 5.87. The summed E-state index contributed by atoms with van der Waals surface area (Å²) in [7, 11) is 0. The predicted octanol–water partition coefficient (Wildman–Crippen LogP) is 3.74. The smallest absolute Gasteiger partial charge is 0.305 e. The van der Waals surface area contributed by atoms with Crippen molar-refractivity contribution in [2.45, 2.75) is 23.8 Å². The van der Waals surface area contributed by atoms with Gasteiger partial charge in [0.05, 0.1) is 17.7 Å². The van der Waals surface area contributed by atoms with E-state index < -0.39 is 4.92 Å². The number of nitrogens with zero attached hydrogens (tertiary/aromatic N) is 6. The van der Waals surface area contributed by atoms with Crippen molar-refractivity contribution < 1.29 is 9.34 Å². The Morgan fingerprint density at radius 1 is 1.14 bits per heavy atom. The van der Waals surface area contributed by atoms with Gasteiger partial charge in [-0.05, 0) is 36.4 Å². The minimum atomic E-state index is -0.538. The number of aryl methyl sites for hydroxylation is 1. The molecule has 0 unspecified atom stereocenters. The van der Waals surface area contributed by atoms with E-state index in [2.05, 4.69) is 20.2 Å². The topological polar surface area (TPSA) is 113 Å². The Balaban J connectivity index is 1.72. The summed E-state index contributed by atoms with van der Waals surface area (Å²) in [5.74, 6) is 1.44. The summed E-state index contributed by atoms with van der Waals surface area (Å²) in [6.45, 7) is 2.44. The molecule has 0 aliphatic rings. The molecule has 28 heavy (non-hydrogen) atoms. The lowest BCUT2D eigenvalue weighted by Crippen LogP contribution is -2.04. The number of hydrogen-bond acceptors (Lipinski definition) is 8. The van der Waals surface area contributed by atoms with Gasteiger partial charge < -0.3 is 4.42 Å². The summed E-state index contributed by atoms with van der Waals surface area (Å²) >= 11 is 1.18. The molecule has 0 saturated carbocycles. The van der Waals surface area contributed by atoms with Crippen molar-refractivity contribution in [3.63, 3.8) is 0 Å². The van der Waals surface area contributed by atoms with Crippen LogP contribution in [0.25, 0.3) is 11.4 Å². The van der Waals surface area contributed by atoms with Crippen LogP contribution in [0.3, 0.4) is 0 Å². The summed E-state index contributed by atoms with van der Waals surface area (Å²) in [5.41, 5.74) is 1.86. The lowest BCUT2D eigenvalue weighted by Gasteiger charge is -2.10. The standard InChI is InChI=1S/C18H14N6O3S/c1-12-5-2-3-7-15(12)16-21-22-18(23(16)11-14-6-4-8-27-14)28-17-19-9-13(10-20-17)24(25)26/h2-10H,11H2,1H3. The van der Waals surface area contributed by atoms with E-state index in [1.165, 1.54) is 24.2 Å². The summed E-state index contributed by atoms with van der Waals surface area (Å²) in [5, 5.41) is 20.3. The number of aromatic nitrogens is 5. The molecule has 140 valence electrons. The van der Waals surface area contributed by atoms with Crippen molar-refractivity contribution in [1.29, 1.82) is 0 Å². The highest BCUT2D eigenvalue weighted by atomic mass is 32.2. The lowest BCUT2D eigenvalue weighted by molar-refractivity contribution is -0.385. The van der Waals surface area contributed by atoms with E-state index in [0.717, 1.165) is 16.9 Å². The van der Waals surface area contributed by atoms with E-state index in [4.69, 9.17) is 4.42 Å². The van der Waals surface area contributed by atoms with E-state index in [9.17, 15) is 10.1 Å². The quantitative estimate of drug-likeness (QED) is 0.276. The second-order valence-corrected chi connectivity index (χ2v) is 6.80. The van der Waals surface area contributed by atoms with Crippen molar-refractivity contribution >= 4 is 17.4 Å². The number of nitro groups is 1. The van der Waals surface area contributed by atoms with Crippen LogP contribution in [0.15, 0.2) is 69.8 Å². The first-order chi connectivity index (χ1) is 13.6. The number of rotatable bonds is 6. The van der Waals surface area contributed by atoms with Crippen molar-refractivity contribution in [2.24, 2.45) is 0 Å². The molecule has 0 aliphatic heterocycles. The predicted molar refractivity (Wildman–Crippen MR) is 101 cm³/mol. The van der Waals surface area contributed by atoms with Crippen LogP contribution in [-0.2, 0) is 6.54 Å². The Kier molecular flexibility index (Phi) is 4.85. The highest BCUT2D eigenvalue weighted by Crippen LogP contribution is 2.30. The van der Waals surface area contributed by atoms with Gasteiger partial charge in [-0.2, -0.15) is 0 Å². The molecule has 3 heterocycles. The average molecular weight is 394 g/mol. The zero-order chi connectivity index (χ0) is 19.5. The Labute approximate surface area is 163 Å². The van der Waals surface area contributed by atoms with Crippen LogP contribution < -0.4 is 0 Å². The maximum atomic E-state index is 10.8. The monoisotopic (exact) mass is 394 g/mol. The fourth-order valence-electron chi connectivity index (χ4n) is 2.63. The zero-order valence-corrected chi connectivity index (χ0v) is 15.5. The third kappa shape index (κ3) is 3.62. The Hall–Kier alpha value is -3.53. The van der Waals surface area contributed by atoms with Crippen LogP contribution in [0, 0.1) is 17.0 Å². The molecule has 0 aliphatic carbocycles. The molecular formula is C18H14N6O3S. The van der Waals surface area contributed by atoms with Crippen LogP contribution in [0.5, 0.6) is 0 Å². The third-order valence-corrected chi connectivity index (χ3v) is 4.88. The number of benzene rings is 1. The van der Waals surface area contributed by atoms with Crippen LogP contribution in [-0.4, -0.2) is 29.7 Å². The molecule has 4 rings (SSSR count). The molecule has 0 saturated heterocycles. The van der Waals surface area contributed by atoms with E-state index >= 15 is 0 Å². The van der Waals surface area contributed by atoms with Crippen molar-refractivity contribution in [2.75, 3.05) is 0 Å². The number of hydrogen-bond donors (Lipinski definition) is 0. The minimum Gasteiger partial charge on any atom is -0.467 e. The Morgan fingerprint density at radius 3 is 2.61 bits per heavy atom. The first-order valence-corrected chi connectivity index (χ1v) is 9.09. The molecule has 4 aromatic rings. The van der Waals surface area contributed by atoms with Gasteiger partial charge in [0, 0.05) is 5.56 Å². The van der Waals surface area contributed by atoms with Crippen molar-refractivity contribution in [3.05, 3.63) is 76.5 Å². The Morgan fingerprint density at radius 2 is 1.93 bits per heavy atom. The largest absolute Gasteiger partial charge is 0.467 e. The van der Waals surface area contributed by atoms with Gasteiger partial charge >= 0.3 is 5.69 Å². The fourth-order valence-corrected chi connectivity index (χ4v) is 3.34. The molecule has 0 amide bonds. The van der Waals surface area contributed by atoms with Crippen molar-refractivity contribution in [3.8, 4) is 11.4 Å². The van der Waals surface area contributed by atoms with Gasteiger partial charge in [-0.15, -0.1) is 10.2 Å². The molecule has 0 radical (unpaired) electrons. The van der Waals surface area contributed by atoms with E-state index in [1.807, 2.05) is 47.9 Å². The van der Waals surface area contributed by atoms with E-state index in [-0.39, 0.29) is 5.69 Å². The first-order valence-electron chi connectivity index (χ1n) is 8.27. The molecule has 0 atom stereocenters. The third-order valence-electron chi connectivity index (χ3n) is 4.00. The highest BCUT2D eigenvalue weighted by Gasteiger charge is 2.19. The highest BCUT2D eigenvalue weighted by molar-refractivity contribution is 7.99. The normalized spacial score (nSPS) is 10.9. The Bertz CT molecular complexity index is 1110. The summed E-state index contributed by atoms with van der Waals surface area (Å²) in [6.07, 6.45) is 3.95. The summed E-state index contributed by atoms with van der Waals surface area (Å²) in [6, 6.07) is 11.6. The van der Waals surface area contributed by atoms with Gasteiger partial charge in [0.2, 0.25) is 0 Å². The van der Waals surface area contributed by atoms with Gasteiger partial charge in [-0.25, -0.2) is 9.97 Å². The van der Waals surface area contributed by atoms with Gasteiger partial charge in [0.25, 0.3) is 0 Å². The maximum Gasteiger partial charge on any atom is 0.305 e. The van der Waals surface area contributed by atoms with Gasteiger partial charge in [0.1, 0.15) is 18.2 Å². The van der Waals surface area contributed by atoms with E-state index in [0.29, 0.717) is 22.7 Å². The van der Waals surface area contributed by atoms with Crippen LogP contribution in [0.4, 0.5) is 5.69 Å². The van der Waals surface area contributed by atoms with Crippen LogP contribution >= 0.6 is 11.8 Å². The minimum absolute atomic E-state index is 0.165.